The van der Waals surface area contributed by atoms with E-state index in [4.69, 9.17) is 0 Å². The van der Waals surface area contributed by atoms with Crippen LogP contribution < -0.4 is 0 Å². The average molecular weight is 313 g/mol. The zero-order chi connectivity index (χ0) is 13.3. The molecule has 5 nitrogen and oxygen atoms in total. The number of aliphatic carboxylic acids is 1. The van der Waals surface area contributed by atoms with Gasteiger partial charge in [-0.1, -0.05) is 6.92 Å². The standard InChI is InChI=1S/C12H13BrN2O3/c1-7-2-3-15(10(7)12(17)18)11(16)8-4-9(13)6-14-5-8/h4-7,10H,2-3H2,1H3,(H,17,18). The molecular formula is C12H13BrN2O3. The van der Waals surface area contributed by atoms with E-state index >= 15 is 0 Å². The summed E-state index contributed by atoms with van der Waals surface area (Å²) in [4.78, 5) is 28.8. The van der Waals surface area contributed by atoms with Gasteiger partial charge < -0.3 is 10.0 Å². The van der Waals surface area contributed by atoms with Crippen LogP contribution in [0.3, 0.4) is 0 Å². The molecule has 1 aliphatic heterocycles. The summed E-state index contributed by atoms with van der Waals surface area (Å²) in [6.07, 6.45) is 3.75. The van der Waals surface area contributed by atoms with Crippen LogP contribution in [-0.2, 0) is 4.79 Å². The maximum atomic E-state index is 12.3. The predicted octanol–water partition coefficient (Wildman–Crippen LogP) is 1.78. The molecule has 6 heteroatoms. The smallest absolute Gasteiger partial charge is 0.326 e. The second kappa shape index (κ2) is 5.06. The Balaban J connectivity index is 2.26. The molecule has 0 aromatic carbocycles. The molecule has 1 amide bonds. The summed E-state index contributed by atoms with van der Waals surface area (Å²) in [7, 11) is 0. The molecule has 1 aromatic heterocycles. The fourth-order valence-corrected chi connectivity index (χ4v) is 2.61. The first-order chi connectivity index (χ1) is 8.50. The lowest BCUT2D eigenvalue weighted by atomic mass is 10.0. The van der Waals surface area contributed by atoms with Gasteiger partial charge in [0.1, 0.15) is 6.04 Å². The Morgan fingerprint density at radius 2 is 2.22 bits per heavy atom. The second-order valence-corrected chi connectivity index (χ2v) is 5.36. The van der Waals surface area contributed by atoms with E-state index in [0.717, 1.165) is 0 Å². The SMILES string of the molecule is CC1CCN(C(=O)c2cncc(Br)c2)C1C(=O)O. The molecule has 0 spiro atoms. The van der Waals surface area contributed by atoms with Crippen LogP contribution in [0.5, 0.6) is 0 Å². The molecule has 0 saturated carbocycles. The van der Waals surface area contributed by atoms with Gasteiger partial charge in [0, 0.05) is 23.4 Å². The summed E-state index contributed by atoms with van der Waals surface area (Å²) in [5.41, 5.74) is 0.407. The topological polar surface area (TPSA) is 70.5 Å². The molecule has 1 saturated heterocycles. The van der Waals surface area contributed by atoms with Gasteiger partial charge in [0.15, 0.2) is 0 Å². The normalized spacial score (nSPS) is 23.1. The molecule has 0 aliphatic carbocycles. The van der Waals surface area contributed by atoms with E-state index in [2.05, 4.69) is 20.9 Å². The number of halogens is 1. The number of hydrogen-bond donors (Lipinski definition) is 1. The van der Waals surface area contributed by atoms with Crippen molar-refractivity contribution >= 4 is 27.8 Å². The molecule has 1 fully saturated rings. The number of aromatic nitrogens is 1. The first-order valence-corrected chi connectivity index (χ1v) is 6.44. The van der Waals surface area contributed by atoms with E-state index in [1.807, 2.05) is 6.92 Å². The number of hydrogen-bond acceptors (Lipinski definition) is 3. The number of carbonyl (C=O) groups excluding carboxylic acids is 1. The third-order valence-corrected chi connectivity index (χ3v) is 3.60. The summed E-state index contributed by atoms with van der Waals surface area (Å²) >= 11 is 3.25. The van der Waals surface area contributed by atoms with Crippen LogP contribution in [0.25, 0.3) is 0 Å². The van der Waals surface area contributed by atoms with E-state index in [9.17, 15) is 14.7 Å². The third kappa shape index (κ3) is 2.38. The van der Waals surface area contributed by atoms with Gasteiger partial charge in [-0.2, -0.15) is 0 Å². The molecule has 1 aromatic rings. The fourth-order valence-electron chi connectivity index (χ4n) is 2.25. The summed E-state index contributed by atoms with van der Waals surface area (Å²) in [6.45, 7) is 2.33. The van der Waals surface area contributed by atoms with E-state index < -0.39 is 12.0 Å². The minimum atomic E-state index is -0.948. The quantitative estimate of drug-likeness (QED) is 0.903. The molecule has 1 aliphatic rings. The molecule has 2 rings (SSSR count). The number of carboxylic acids is 1. The van der Waals surface area contributed by atoms with Gasteiger partial charge in [-0.15, -0.1) is 0 Å². The lowest BCUT2D eigenvalue weighted by Crippen LogP contribution is -2.42. The molecule has 18 heavy (non-hydrogen) atoms. The summed E-state index contributed by atoms with van der Waals surface area (Å²) in [5.74, 6) is -1.25. The van der Waals surface area contributed by atoms with Gasteiger partial charge >= 0.3 is 5.97 Å². The Kier molecular flexibility index (Phi) is 3.65. The highest BCUT2D eigenvalue weighted by atomic mass is 79.9. The van der Waals surface area contributed by atoms with Gasteiger partial charge in [0.25, 0.3) is 5.91 Å². The molecule has 2 heterocycles. The van der Waals surface area contributed by atoms with Crippen molar-refractivity contribution in [3.05, 3.63) is 28.5 Å². The number of carboxylic acid groups (broad SMARTS) is 1. The fraction of sp³-hybridized carbons (Fsp3) is 0.417. The van der Waals surface area contributed by atoms with Crippen molar-refractivity contribution in [2.75, 3.05) is 6.54 Å². The summed E-state index contributed by atoms with van der Waals surface area (Å²) in [5, 5.41) is 9.19. The minimum absolute atomic E-state index is 0.0217. The highest BCUT2D eigenvalue weighted by Crippen LogP contribution is 2.26. The van der Waals surface area contributed by atoms with Crippen molar-refractivity contribution in [3.8, 4) is 0 Å². The van der Waals surface area contributed by atoms with Crippen molar-refractivity contribution < 1.29 is 14.7 Å². The van der Waals surface area contributed by atoms with Gasteiger partial charge in [-0.3, -0.25) is 9.78 Å². The first kappa shape index (κ1) is 13.0. The maximum Gasteiger partial charge on any atom is 0.326 e. The zero-order valence-electron chi connectivity index (χ0n) is 9.84. The Labute approximate surface area is 113 Å². The lowest BCUT2D eigenvalue weighted by molar-refractivity contribution is -0.142. The van der Waals surface area contributed by atoms with Crippen LogP contribution in [0, 0.1) is 5.92 Å². The number of carbonyl (C=O) groups is 2. The van der Waals surface area contributed by atoms with Crippen LogP contribution in [0.4, 0.5) is 0 Å². The average Bonchev–Trinajstić information content (AvgIpc) is 2.70. The highest BCUT2D eigenvalue weighted by Gasteiger charge is 2.39. The number of amides is 1. The van der Waals surface area contributed by atoms with Gasteiger partial charge in [0.05, 0.1) is 5.56 Å². The number of likely N-dealkylation sites (tertiary alicyclic amines) is 1. The maximum absolute atomic E-state index is 12.3. The van der Waals surface area contributed by atoms with Crippen LogP contribution in [0.1, 0.15) is 23.7 Å². The Morgan fingerprint density at radius 1 is 1.50 bits per heavy atom. The van der Waals surface area contributed by atoms with E-state index in [1.165, 1.54) is 11.1 Å². The van der Waals surface area contributed by atoms with E-state index in [1.54, 1.807) is 12.3 Å². The Hall–Kier alpha value is -1.43. The van der Waals surface area contributed by atoms with Crippen molar-refractivity contribution in [1.82, 2.24) is 9.88 Å². The summed E-state index contributed by atoms with van der Waals surface area (Å²) < 4.78 is 0.701. The van der Waals surface area contributed by atoms with Crippen molar-refractivity contribution in [2.24, 2.45) is 5.92 Å². The van der Waals surface area contributed by atoms with E-state index in [-0.39, 0.29) is 11.8 Å². The zero-order valence-corrected chi connectivity index (χ0v) is 11.4. The van der Waals surface area contributed by atoms with Gasteiger partial charge in [-0.25, -0.2) is 4.79 Å². The Bertz CT molecular complexity index is 492. The second-order valence-electron chi connectivity index (χ2n) is 4.44. The predicted molar refractivity (Wildman–Crippen MR) is 68.2 cm³/mol. The monoisotopic (exact) mass is 312 g/mol. The minimum Gasteiger partial charge on any atom is -0.480 e. The first-order valence-electron chi connectivity index (χ1n) is 5.65. The third-order valence-electron chi connectivity index (χ3n) is 3.17. The van der Waals surface area contributed by atoms with Gasteiger partial charge in [0.2, 0.25) is 0 Å². The highest BCUT2D eigenvalue weighted by molar-refractivity contribution is 9.10. The molecule has 1 N–H and O–H groups in total. The Morgan fingerprint density at radius 3 is 2.83 bits per heavy atom. The molecule has 0 radical (unpaired) electrons. The molecule has 96 valence electrons. The number of nitrogens with zero attached hydrogens (tertiary/aromatic N) is 2. The molecule has 0 bridgehead atoms. The van der Waals surface area contributed by atoms with Gasteiger partial charge in [-0.05, 0) is 34.3 Å². The molecule has 2 atom stereocenters. The van der Waals surface area contributed by atoms with E-state index in [0.29, 0.717) is 23.0 Å². The van der Waals surface area contributed by atoms with Crippen molar-refractivity contribution in [3.63, 3.8) is 0 Å². The lowest BCUT2D eigenvalue weighted by Gasteiger charge is -2.23. The van der Waals surface area contributed by atoms with Crippen LogP contribution in [0.2, 0.25) is 0 Å². The molecule has 2 unspecified atom stereocenters. The summed E-state index contributed by atoms with van der Waals surface area (Å²) in [6, 6.07) is 0.911. The van der Waals surface area contributed by atoms with Crippen molar-refractivity contribution in [2.45, 2.75) is 19.4 Å². The van der Waals surface area contributed by atoms with Crippen molar-refractivity contribution in [1.29, 1.82) is 0 Å². The number of pyridine rings is 1. The van der Waals surface area contributed by atoms with Crippen LogP contribution in [0.15, 0.2) is 22.9 Å². The van der Waals surface area contributed by atoms with Crippen LogP contribution in [-0.4, -0.2) is 39.5 Å². The largest absolute Gasteiger partial charge is 0.480 e. The number of rotatable bonds is 2. The van der Waals surface area contributed by atoms with Crippen LogP contribution >= 0.6 is 15.9 Å². The molecular weight excluding hydrogens is 300 g/mol.